The van der Waals surface area contributed by atoms with Gasteiger partial charge in [-0.25, -0.2) is 0 Å². The number of fused-ring (bicyclic) bond motifs is 3. The third-order valence-electron chi connectivity index (χ3n) is 8.92. The van der Waals surface area contributed by atoms with Gasteiger partial charge in [-0.05, 0) is 83.0 Å². The van der Waals surface area contributed by atoms with Crippen LogP contribution in [0.25, 0.3) is 10.9 Å². The second-order valence-corrected chi connectivity index (χ2v) is 11.9. The Morgan fingerprint density at radius 2 is 1.63 bits per heavy atom. The van der Waals surface area contributed by atoms with E-state index >= 15 is 0 Å². The van der Waals surface area contributed by atoms with Crippen molar-refractivity contribution in [2.45, 2.75) is 95.8 Å². The fourth-order valence-electron chi connectivity index (χ4n) is 6.97. The molecule has 1 unspecified atom stereocenters. The van der Waals surface area contributed by atoms with Crippen molar-refractivity contribution < 1.29 is 9.53 Å². The van der Waals surface area contributed by atoms with Crippen molar-refractivity contribution >= 4 is 16.8 Å². The first kappa shape index (κ1) is 27.4. The highest BCUT2D eigenvalue weighted by molar-refractivity contribution is 5.97. The largest absolute Gasteiger partial charge is 0.379 e. The molecule has 0 radical (unpaired) electrons. The van der Waals surface area contributed by atoms with Crippen LogP contribution in [-0.2, 0) is 4.74 Å². The maximum Gasteiger partial charge on any atom is 0.264 e. The molecule has 0 aliphatic carbocycles. The van der Waals surface area contributed by atoms with Gasteiger partial charge in [0, 0.05) is 37.3 Å². The second-order valence-electron chi connectivity index (χ2n) is 11.9. The number of carbonyl (C=O) groups is 1. The Morgan fingerprint density at radius 3 is 2.34 bits per heavy atom. The van der Waals surface area contributed by atoms with E-state index in [1.165, 1.54) is 58.0 Å². The number of hydrogen-bond acceptors (Lipinski definition) is 5. The molecule has 5 rings (SSSR count). The molecule has 1 aromatic carbocycles. The average Bonchev–Trinajstić information content (AvgIpc) is 3.15. The van der Waals surface area contributed by atoms with Crippen molar-refractivity contribution in [2.75, 3.05) is 39.4 Å². The van der Waals surface area contributed by atoms with Crippen LogP contribution >= 0.6 is 0 Å². The van der Waals surface area contributed by atoms with E-state index in [0.717, 1.165) is 50.0 Å². The number of piperidine rings is 1. The smallest absolute Gasteiger partial charge is 0.264 e. The highest BCUT2D eigenvalue weighted by Gasteiger charge is 2.40. The van der Waals surface area contributed by atoms with Crippen LogP contribution in [0.4, 0.5) is 0 Å². The lowest BCUT2D eigenvalue weighted by atomic mass is 9.96. The Balaban J connectivity index is 1.09. The number of nitrogens with zero attached hydrogens (tertiary/aromatic N) is 3. The van der Waals surface area contributed by atoms with E-state index in [1.54, 1.807) is 10.6 Å². The number of unbranched alkanes of at least 4 members (excludes halogenated alkanes) is 4. The lowest BCUT2D eigenvalue weighted by molar-refractivity contribution is 0.0371. The molecule has 38 heavy (non-hydrogen) atoms. The highest BCUT2D eigenvalue weighted by atomic mass is 16.5. The predicted molar refractivity (Wildman–Crippen MR) is 153 cm³/mol. The molecule has 7 heteroatoms. The number of para-hydroxylation sites is 1. The zero-order chi connectivity index (χ0) is 26.5. The van der Waals surface area contributed by atoms with Crippen molar-refractivity contribution in [2.24, 2.45) is 0 Å². The van der Waals surface area contributed by atoms with Gasteiger partial charge in [-0.15, -0.1) is 0 Å². The van der Waals surface area contributed by atoms with Gasteiger partial charge in [0.15, 0.2) is 0 Å². The van der Waals surface area contributed by atoms with Crippen LogP contribution in [0.3, 0.4) is 0 Å². The number of nitrogens with one attached hydrogen (secondary N) is 1. The minimum Gasteiger partial charge on any atom is -0.379 e. The lowest BCUT2D eigenvalue weighted by Crippen LogP contribution is -2.51. The SMILES string of the molecule is CC(C)n1c(=O)c(C(=O)NC2C[C@H]3CC[C@@H](C2)N3CCCCCCCN2CCOCC2)cc2ccccc21. The molecule has 2 aromatic rings. The lowest BCUT2D eigenvalue weighted by Gasteiger charge is -2.39. The standard InChI is InChI=1S/C31H46N4O3/c1-23(2)35-29-11-7-6-10-24(29)20-28(31(35)37)30(36)32-25-21-26-12-13-27(22-25)34(26)15-9-5-3-4-8-14-33-16-18-38-19-17-33/h6-7,10-11,20,23,25-27H,3-5,8-9,12-19,21-22H2,1-2H3,(H,32,36)/t25?,26-,27+. The molecule has 1 N–H and O–H groups in total. The maximum absolute atomic E-state index is 13.3. The van der Waals surface area contributed by atoms with E-state index in [4.69, 9.17) is 4.74 Å². The summed E-state index contributed by atoms with van der Waals surface area (Å²) in [5.41, 5.74) is 0.954. The van der Waals surface area contributed by atoms with Crippen LogP contribution in [0.2, 0.25) is 0 Å². The number of carbonyl (C=O) groups excluding carboxylic acids is 1. The third kappa shape index (κ3) is 6.32. The molecule has 0 spiro atoms. The molecule has 3 aliphatic rings. The molecule has 1 aromatic heterocycles. The van der Waals surface area contributed by atoms with Crippen molar-refractivity contribution in [3.63, 3.8) is 0 Å². The normalized spacial score (nSPS) is 24.3. The summed E-state index contributed by atoms with van der Waals surface area (Å²) >= 11 is 0. The summed E-state index contributed by atoms with van der Waals surface area (Å²) < 4.78 is 7.18. The second kappa shape index (κ2) is 12.8. The minimum atomic E-state index is -0.218. The van der Waals surface area contributed by atoms with Crippen LogP contribution in [-0.4, -0.2) is 77.8 Å². The highest BCUT2D eigenvalue weighted by Crippen LogP contribution is 2.36. The summed E-state index contributed by atoms with van der Waals surface area (Å²) in [5.74, 6) is -0.218. The van der Waals surface area contributed by atoms with Crippen LogP contribution in [0.1, 0.15) is 88.0 Å². The fraction of sp³-hybridized carbons (Fsp3) is 0.677. The fourth-order valence-corrected chi connectivity index (χ4v) is 6.97. The van der Waals surface area contributed by atoms with E-state index in [0.29, 0.717) is 12.1 Å². The molecule has 1 amide bonds. The van der Waals surface area contributed by atoms with Gasteiger partial charge in [0.05, 0.1) is 18.7 Å². The quantitative estimate of drug-likeness (QED) is 0.437. The van der Waals surface area contributed by atoms with E-state index in [2.05, 4.69) is 15.1 Å². The summed E-state index contributed by atoms with van der Waals surface area (Å²) in [6.07, 6.45) is 11.0. The summed E-state index contributed by atoms with van der Waals surface area (Å²) in [6, 6.07) is 10.9. The number of amides is 1. The van der Waals surface area contributed by atoms with Crippen molar-refractivity contribution in [3.8, 4) is 0 Å². The maximum atomic E-state index is 13.3. The molecular formula is C31H46N4O3. The van der Waals surface area contributed by atoms with E-state index in [1.807, 2.05) is 38.1 Å². The van der Waals surface area contributed by atoms with Crippen molar-refractivity contribution in [1.82, 2.24) is 19.7 Å². The zero-order valence-corrected chi connectivity index (χ0v) is 23.4. The summed E-state index contributed by atoms with van der Waals surface area (Å²) in [5, 5.41) is 4.19. The molecule has 2 bridgehead atoms. The van der Waals surface area contributed by atoms with Crippen LogP contribution < -0.4 is 10.9 Å². The van der Waals surface area contributed by atoms with E-state index < -0.39 is 0 Å². The van der Waals surface area contributed by atoms with Gasteiger partial charge in [0.25, 0.3) is 11.5 Å². The summed E-state index contributed by atoms with van der Waals surface area (Å²) in [4.78, 5) is 31.9. The molecular weight excluding hydrogens is 476 g/mol. The van der Waals surface area contributed by atoms with Crippen LogP contribution in [0.15, 0.2) is 35.1 Å². The Hall–Kier alpha value is -2.22. The molecule has 3 atom stereocenters. The number of aromatic nitrogens is 1. The first-order valence-electron chi connectivity index (χ1n) is 15.0. The summed E-state index contributed by atoms with van der Waals surface area (Å²) in [6.45, 7) is 10.4. The molecule has 3 aliphatic heterocycles. The number of benzene rings is 1. The van der Waals surface area contributed by atoms with Crippen LogP contribution in [0, 0.1) is 0 Å². The minimum absolute atomic E-state index is 0.0102. The molecule has 3 fully saturated rings. The topological polar surface area (TPSA) is 66.8 Å². The first-order chi connectivity index (χ1) is 18.5. The van der Waals surface area contributed by atoms with E-state index in [9.17, 15) is 9.59 Å². The van der Waals surface area contributed by atoms with Crippen LogP contribution in [0.5, 0.6) is 0 Å². The predicted octanol–water partition coefficient (Wildman–Crippen LogP) is 4.59. The number of morpholine rings is 1. The van der Waals surface area contributed by atoms with Gasteiger partial charge in [-0.1, -0.05) is 37.5 Å². The third-order valence-corrected chi connectivity index (χ3v) is 8.92. The Bertz CT molecular complexity index is 1130. The number of ether oxygens (including phenoxy) is 1. The summed E-state index contributed by atoms with van der Waals surface area (Å²) in [7, 11) is 0. The van der Waals surface area contributed by atoms with Gasteiger partial charge in [0.1, 0.15) is 5.56 Å². The van der Waals surface area contributed by atoms with Crippen molar-refractivity contribution in [1.29, 1.82) is 0 Å². The Morgan fingerprint density at radius 1 is 0.974 bits per heavy atom. The Labute approximate surface area is 227 Å². The number of pyridine rings is 1. The van der Waals surface area contributed by atoms with Gasteiger partial charge >= 0.3 is 0 Å². The van der Waals surface area contributed by atoms with Gasteiger partial charge in [0.2, 0.25) is 0 Å². The van der Waals surface area contributed by atoms with Crippen molar-refractivity contribution in [3.05, 3.63) is 46.2 Å². The monoisotopic (exact) mass is 522 g/mol. The van der Waals surface area contributed by atoms with E-state index in [-0.39, 0.29) is 29.1 Å². The molecule has 0 saturated carbocycles. The number of hydrogen-bond donors (Lipinski definition) is 1. The Kier molecular flexibility index (Phi) is 9.18. The zero-order valence-electron chi connectivity index (χ0n) is 23.4. The first-order valence-corrected chi connectivity index (χ1v) is 15.0. The molecule has 3 saturated heterocycles. The molecule has 4 heterocycles. The average molecular weight is 523 g/mol. The van der Waals surface area contributed by atoms with Gasteiger partial charge in [-0.3, -0.25) is 19.4 Å². The molecule has 7 nitrogen and oxygen atoms in total. The molecule has 208 valence electrons. The van der Waals surface area contributed by atoms with Gasteiger partial charge < -0.3 is 14.6 Å². The van der Waals surface area contributed by atoms with Gasteiger partial charge in [-0.2, -0.15) is 0 Å². The number of rotatable bonds is 11.